The van der Waals surface area contributed by atoms with E-state index in [9.17, 15) is 0 Å². The quantitative estimate of drug-likeness (QED) is 0.817. The molecule has 0 saturated carbocycles. The molecule has 0 amide bonds. The predicted molar refractivity (Wildman–Crippen MR) is 56.6 cm³/mol. The van der Waals surface area contributed by atoms with Gasteiger partial charge in [-0.1, -0.05) is 12.1 Å². The first-order chi connectivity index (χ1) is 6.81. The first-order valence-corrected chi connectivity index (χ1v) is 6.08. The van der Waals surface area contributed by atoms with Crippen molar-refractivity contribution in [1.82, 2.24) is 15.5 Å². The van der Waals surface area contributed by atoms with E-state index >= 15 is 0 Å². The molecule has 1 N–H and O–H groups in total. The number of rotatable bonds is 3. The molecule has 2 atom stereocenters. The molecular weight excluding hydrogens is 198 g/mol. The van der Waals surface area contributed by atoms with Gasteiger partial charge in [0.2, 0.25) is 5.89 Å². The number of aromatic nitrogens is 2. The van der Waals surface area contributed by atoms with Crippen LogP contribution in [0.25, 0.3) is 0 Å². The molecule has 0 radical (unpaired) electrons. The van der Waals surface area contributed by atoms with Crippen molar-refractivity contribution < 1.29 is 4.52 Å². The Kier molecular flexibility index (Phi) is 3.08. The van der Waals surface area contributed by atoms with Crippen LogP contribution in [-0.2, 0) is 0 Å². The maximum absolute atomic E-state index is 5.21. The SMILES string of the molecule is CCNC1CSCC1c1nc(C)no1. The topological polar surface area (TPSA) is 51.0 Å². The second-order valence-electron chi connectivity index (χ2n) is 3.49. The first-order valence-electron chi connectivity index (χ1n) is 4.92. The van der Waals surface area contributed by atoms with E-state index in [-0.39, 0.29) is 0 Å². The molecular formula is C9H15N3OS. The third-order valence-corrected chi connectivity index (χ3v) is 3.60. The summed E-state index contributed by atoms with van der Waals surface area (Å²) in [4.78, 5) is 4.29. The normalized spacial score (nSPS) is 27.0. The summed E-state index contributed by atoms with van der Waals surface area (Å²) in [5.74, 6) is 4.13. The zero-order chi connectivity index (χ0) is 9.97. The molecule has 2 rings (SSSR count). The third-order valence-electron chi connectivity index (χ3n) is 2.41. The minimum Gasteiger partial charge on any atom is -0.339 e. The number of hydrogen-bond acceptors (Lipinski definition) is 5. The second-order valence-corrected chi connectivity index (χ2v) is 4.56. The zero-order valence-electron chi connectivity index (χ0n) is 8.49. The number of nitrogens with one attached hydrogen (secondary N) is 1. The summed E-state index contributed by atoms with van der Waals surface area (Å²) in [6, 6.07) is 0.491. The molecule has 1 aromatic heterocycles. The van der Waals surface area contributed by atoms with Crippen molar-refractivity contribution in [3.63, 3.8) is 0 Å². The third kappa shape index (κ3) is 1.93. The van der Waals surface area contributed by atoms with E-state index in [1.807, 2.05) is 18.7 Å². The van der Waals surface area contributed by atoms with Crippen molar-refractivity contribution in [2.24, 2.45) is 0 Å². The monoisotopic (exact) mass is 213 g/mol. The maximum Gasteiger partial charge on any atom is 0.232 e. The van der Waals surface area contributed by atoms with Crippen LogP contribution in [0.1, 0.15) is 24.6 Å². The van der Waals surface area contributed by atoms with E-state index in [1.54, 1.807) is 0 Å². The molecule has 2 heterocycles. The number of aryl methyl sites for hydroxylation is 1. The van der Waals surface area contributed by atoms with Gasteiger partial charge in [-0.3, -0.25) is 0 Å². The van der Waals surface area contributed by atoms with Crippen molar-refractivity contribution in [2.75, 3.05) is 18.1 Å². The van der Waals surface area contributed by atoms with Crippen LogP contribution in [0.4, 0.5) is 0 Å². The van der Waals surface area contributed by atoms with Crippen LogP contribution >= 0.6 is 11.8 Å². The molecule has 0 spiro atoms. The van der Waals surface area contributed by atoms with Crippen LogP contribution in [0, 0.1) is 6.92 Å². The van der Waals surface area contributed by atoms with Crippen LogP contribution in [0.5, 0.6) is 0 Å². The predicted octanol–water partition coefficient (Wildman–Crippen LogP) is 1.19. The van der Waals surface area contributed by atoms with Crippen molar-refractivity contribution in [2.45, 2.75) is 25.8 Å². The Morgan fingerprint density at radius 2 is 2.43 bits per heavy atom. The van der Waals surface area contributed by atoms with Gasteiger partial charge in [0.1, 0.15) is 0 Å². The molecule has 5 heteroatoms. The van der Waals surface area contributed by atoms with Gasteiger partial charge in [-0.05, 0) is 13.5 Å². The van der Waals surface area contributed by atoms with Crippen LogP contribution in [-0.4, -0.2) is 34.2 Å². The standard InChI is InChI=1S/C9H15N3OS/c1-3-10-8-5-14-4-7(8)9-11-6(2)12-13-9/h7-8,10H,3-5H2,1-2H3. The van der Waals surface area contributed by atoms with Gasteiger partial charge in [0, 0.05) is 17.5 Å². The van der Waals surface area contributed by atoms with Gasteiger partial charge in [-0.2, -0.15) is 16.7 Å². The lowest BCUT2D eigenvalue weighted by atomic mass is 10.0. The fourth-order valence-electron chi connectivity index (χ4n) is 1.72. The average molecular weight is 213 g/mol. The Hall–Kier alpha value is -0.550. The molecule has 0 aliphatic carbocycles. The summed E-state index contributed by atoms with van der Waals surface area (Å²) in [5.41, 5.74) is 0. The van der Waals surface area contributed by atoms with Crippen molar-refractivity contribution in [3.05, 3.63) is 11.7 Å². The Bertz CT molecular complexity index is 302. The molecule has 1 aliphatic heterocycles. The smallest absolute Gasteiger partial charge is 0.232 e. The molecule has 14 heavy (non-hydrogen) atoms. The molecule has 4 nitrogen and oxygen atoms in total. The van der Waals surface area contributed by atoms with Crippen LogP contribution in [0.15, 0.2) is 4.52 Å². The van der Waals surface area contributed by atoms with Gasteiger partial charge in [0.25, 0.3) is 0 Å². The van der Waals surface area contributed by atoms with Crippen LogP contribution in [0.3, 0.4) is 0 Å². The van der Waals surface area contributed by atoms with Crippen molar-refractivity contribution in [3.8, 4) is 0 Å². The Morgan fingerprint density at radius 1 is 1.57 bits per heavy atom. The largest absolute Gasteiger partial charge is 0.339 e. The van der Waals surface area contributed by atoms with E-state index < -0.39 is 0 Å². The Morgan fingerprint density at radius 3 is 3.07 bits per heavy atom. The average Bonchev–Trinajstić information content (AvgIpc) is 2.74. The van der Waals surface area contributed by atoms with Gasteiger partial charge < -0.3 is 9.84 Å². The lowest BCUT2D eigenvalue weighted by Crippen LogP contribution is -2.34. The summed E-state index contributed by atoms with van der Waals surface area (Å²) in [6.07, 6.45) is 0. The molecule has 2 unspecified atom stereocenters. The minimum absolute atomic E-state index is 0.390. The molecule has 1 aliphatic rings. The second kappa shape index (κ2) is 4.31. The summed E-state index contributed by atoms with van der Waals surface area (Å²) >= 11 is 1.94. The fourth-order valence-corrected chi connectivity index (χ4v) is 3.09. The highest BCUT2D eigenvalue weighted by atomic mass is 32.2. The highest BCUT2D eigenvalue weighted by Crippen LogP contribution is 2.31. The van der Waals surface area contributed by atoms with Crippen LogP contribution < -0.4 is 5.32 Å². The van der Waals surface area contributed by atoms with E-state index in [4.69, 9.17) is 4.52 Å². The van der Waals surface area contributed by atoms with Gasteiger partial charge in [0.05, 0.1) is 5.92 Å². The zero-order valence-corrected chi connectivity index (χ0v) is 9.30. The highest BCUT2D eigenvalue weighted by molar-refractivity contribution is 7.99. The van der Waals surface area contributed by atoms with E-state index in [0.717, 1.165) is 29.8 Å². The number of likely N-dealkylation sites (N-methyl/N-ethyl adjacent to an activating group) is 1. The van der Waals surface area contributed by atoms with Crippen molar-refractivity contribution >= 4 is 11.8 Å². The van der Waals surface area contributed by atoms with E-state index in [2.05, 4.69) is 22.4 Å². The molecule has 1 aromatic rings. The summed E-state index contributed by atoms with van der Waals surface area (Å²) < 4.78 is 5.21. The lowest BCUT2D eigenvalue weighted by molar-refractivity contribution is 0.338. The van der Waals surface area contributed by atoms with Gasteiger partial charge in [-0.25, -0.2) is 0 Å². The Labute approximate surface area is 87.8 Å². The van der Waals surface area contributed by atoms with Gasteiger partial charge in [-0.15, -0.1) is 0 Å². The molecule has 1 fully saturated rings. The number of hydrogen-bond donors (Lipinski definition) is 1. The van der Waals surface area contributed by atoms with Crippen molar-refractivity contribution in [1.29, 1.82) is 0 Å². The fraction of sp³-hybridized carbons (Fsp3) is 0.778. The van der Waals surface area contributed by atoms with E-state index in [1.165, 1.54) is 0 Å². The van der Waals surface area contributed by atoms with Gasteiger partial charge in [0.15, 0.2) is 5.82 Å². The molecule has 0 bridgehead atoms. The number of thioether (sulfide) groups is 1. The first kappa shape index (κ1) is 9.98. The summed E-state index contributed by atoms with van der Waals surface area (Å²) in [7, 11) is 0. The van der Waals surface area contributed by atoms with E-state index in [0.29, 0.717) is 12.0 Å². The minimum atomic E-state index is 0.390. The molecule has 78 valence electrons. The number of nitrogens with zero attached hydrogens (tertiary/aromatic N) is 2. The van der Waals surface area contributed by atoms with Gasteiger partial charge >= 0.3 is 0 Å². The van der Waals surface area contributed by atoms with Crippen LogP contribution in [0.2, 0.25) is 0 Å². The Balaban J connectivity index is 2.09. The molecule has 0 aromatic carbocycles. The maximum atomic E-state index is 5.21. The summed E-state index contributed by atoms with van der Waals surface area (Å²) in [6.45, 7) is 4.98. The molecule has 1 saturated heterocycles. The lowest BCUT2D eigenvalue weighted by Gasteiger charge is -2.15. The summed E-state index contributed by atoms with van der Waals surface area (Å²) in [5, 5.41) is 7.29. The highest BCUT2D eigenvalue weighted by Gasteiger charge is 2.32.